The van der Waals surface area contributed by atoms with E-state index in [1.807, 2.05) is 12.1 Å². The van der Waals surface area contributed by atoms with Crippen molar-refractivity contribution < 1.29 is 13.6 Å². The number of hydrogen-bond donors (Lipinski definition) is 1. The van der Waals surface area contributed by atoms with Gasteiger partial charge in [0.2, 0.25) is 5.16 Å². The molecule has 5 nitrogen and oxygen atoms in total. The zero-order valence-electron chi connectivity index (χ0n) is 13.3. The van der Waals surface area contributed by atoms with Crippen molar-refractivity contribution in [1.82, 2.24) is 15.2 Å². The molecule has 3 aromatic rings. The fourth-order valence-corrected chi connectivity index (χ4v) is 2.87. The quantitative estimate of drug-likeness (QED) is 0.366. The molecule has 25 heavy (non-hydrogen) atoms. The van der Waals surface area contributed by atoms with E-state index in [2.05, 4.69) is 15.2 Å². The van der Waals surface area contributed by atoms with Gasteiger partial charge in [-0.25, -0.2) is 9.37 Å². The average Bonchev–Trinajstić information content (AvgIpc) is 3.29. The Morgan fingerprint density at radius 2 is 2.08 bits per heavy atom. The summed E-state index contributed by atoms with van der Waals surface area (Å²) in [4.78, 5) is 16.3. The van der Waals surface area contributed by atoms with Gasteiger partial charge in [-0.05, 0) is 55.0 Å². The van der Waals surface area contributed by atoms with Crippen LogP contribution in [-0.4, -0.2) is 26.7 Å². The molecule has 0 spiro atoms. The summed E-state index contributed by atoms with van der Waals surface area (Å²) in [6, 6.07) is 9.28. The van der Waals surface area contributed by atoms with Crippen molar-refractivity contribution in [2.24, 2.45) is 0 Å². The van der Waals surface area contributed by atoms with Gasteiger partial charge in [0.25, 0.3) is 0 Å². The second-order valence-electron chi connectivity index (χ2n) is 5.23. The highest BCUT2D eigenvalue weighted by Gasteiger charge is 2.07. The number of carbonyl (C=O) groups excluding carboxylic acids is 1. The maximum Gasteiger partial charge on any atom is 0.208 e. The third kappa shape index (κ3) is 5.15. The molecule has 0 aliphatic carbocycles. The second-order valence-corrected chi connectivity index (χ2v) is 6.30. The molecule has 0 saturated carbocycles. The number of nitrogens with zero attached hydrogens (tertiary/aromatic N) is 2. The van der Waals surface area contributed by atoms with Crippen molar-refractivity contribution in [3.8, 4) is 0 Å². The highest BCUT2D eigenvalue weighted by atomic mass is 32.2. The van der Waals surface area contributed by atoms with Crippen molar-refractivity contribution in [2.75, 3.05) is 5.75 Å². The first kappa shape index (κ1) is 17.2. The number of hydrogen-bond acceptors (Lipinski definition) is 5. The first-order valence-electron chi connectivity index (χ1n) is 7.76. The number of rotatable bonds is 8. The van der Waals surface area contributed by atoms with E-state index >= 15 is 0 Å². The molecule has 2 heterocycles. The van der Waals surface area contributed by atoms with Crippen molar-refractivity contribution in [1.29, 1.82) is 0 Å². The molecule has 0 aliphatic rings. The number of H-pyrrole nitrogens is 1. The zero-order valence-corrected chi connectivity index (χ0v) is 14.1. The Morgan fingerprint density at radius 3 is 2.84 bits per heavy atom. The molecule has 128 valence electrons. The van der Waals surface area contributed by atoms with Gasteiger partial charge in [-0.15, -0.1) is 5.10 Å². The molecule has 0 unspecified atom stereocenters. The molecule has 0 radical (unpaired) electrons. The summed E-state index contributed by atoms with van der Waals surface area (Å²) >= 11 is 1.48. The monoisotopic (exact) mass is 357 g/mol. The Labute approximate surface area is 148 Å². The molecule has 1 aromatic carbocycles. The number of carbonyl (C=O) groups is 1. The lowest BCUT2D eigenvalue weighted by molar-refractivity contribution is 0.0982. The van der Waals surface area contributed by atoms with E-state index in [-0.39, 0.29) is 11.6 Å². The summed E-state index contributed by atoms with van der Waals surface area (Å²) in [5, 5.41) is 7.59. The molecule has 7 heteroatoms. The van der Waals surface area contributed by atoms with Crippen LogP contribution in [0.25, 0.3) is 12.2 Å². The largest absolute Gasteiger partial charge is 0.465 e. The van der Waals surface area contributed by atoms with Gasteiger partial charge in [0.05, 0.1) is 6.26 Å². The number of aromatic nitrogens is 3. The molecular weight excluding hydrogens is 341 g/mol. The Bertz CT molecular complexity index is 842. The van der Waals surface area contributed by atoms with E-state index in [0.29, 0.717) is 29.4 Å². The maximum absolute atomic E-state index is 12.8. The van der Waals surface area contributed by atoms with Crippen molar-refractivity contribution in [3.63, 3.8) is 0 Å². The fourth-order valence-electron chi connectivity index (χ4n) is 2.12. The van der Waals surface area contributed by atoms with Gasteiger partial charge < -0.3 is 4.42 Å². The second kappa shape index (κ2) is 8.43. The zero-order chi connectivity index (χ0) is 17.5. The Hall–Kier alpha value is -2.67. The summed E-state index contributed by atoms with van der Waals surface area (Å²) in [6.45, 7) is 0. The Morgan fingerprint density at radius 1 is 1.24 bits per heavy atom. The predicted molar refractivity (Wildman–Crippen MR) is 94.7 cm³/mol. The van der Waals surface area contributed by atoms with E-state index in [4.69, 9.17) is 4.42 Å². The maximum atomic E-state index is 12.8. The van der Waals surface area contributed by atoms with Gasteiger partial charge >= 0.3 is 0 Å². The van der Waals surface area contributed by atoms with Crippen molar-refractivity contribution in [3.05, 3.63) is 65.6 Å². The number of furan rings is 1. The standard InChI is InChI=1S/C18H16FN3O2S/c19-14-7-5-13(6-8-14)16(23)4-2-12-25-18-20-17(21-22-18)10-9-15-3-1-11-24-15/h1,3,5-11H,2,4,12H2,(H,20,21,22). The molecule has 0 amide bonds. The lowest BCUT2D eigenvalue weighted by Crippen LogP contribution is -1.99. The molecule has 3 rings (SSSR count). The van der Waals surface area contributed by atoms with Crippen LogP contribution in [-0.2, 0) is 0 Å². The highest BCUT2D eigenvalue weighted by Crippen LogP contribution is 2.16. The van der Waals surface area contributed by atoms with Crippen molar-refractivity contribution >= 4 is 29.7 Å². The minimum atomic E-state index is -0.339. The third-order valence-corrected chi connectivity index (χ3v) is 4.31. The van der Waals surface area contributed by atoms with Crippen LogP contribution in [0.5, 0.6) is 0 Å². The molecule has 1 N–H and O–H groups in total. The van der Waals surface area contributed by atoms with Crippen LogP contribution in [0.3, 0.4) is 0 Å². The molecule has 0 saturated heterocycles. The molecule has 0 atom stereocenters. The van der Waals surface area contributed by atoms with Gasteiger partial charge in [0.1, 0.15) is 17.4 Å². The minimum absolute atomic E-state index is 0.0117. The summed E-state index contributed by atoms with van der Waals surface area (Å²) in [7, 11) is 0. The van der Waals surface area contributed by atoms with Crippen molar-refractivity contribution in [2.45, 2.75) is 18.0 Å². The van der Waals surface area contributed by atoms with Gasteiger partial charge in [0, 0.05) is 17.7 Å². The SMILES string of the molecule is O=C(CCCSc1n[nH]c(C=Cc2ccco2)n1)c1ccc(F)cc1. The highest BCUT2D eigenvalue weighted by molar-refractivity contribution is 7.99. The molecular formula is C18H16FN3O2S. The third-order valence-electron chi connectivity index (χ3n) is 3.38. The van der Waals surface area contributed by atoms with Gasteiger partial charge in [-0.2, -0.15) is 0 Å². The number of nitrogens with one attached hydrogen (secondary N) is 1. The van der Waals surface area contributed by atoms with E-state index in [1.54, 1.807) is 18.4 Å². The Kier molecular flexibility index (Phi) is 5.79. The average molecular weight is 357 g/mol. The van der Waals surface area contributed by atoms with Crippen LogP contribution >= 0.6 is 11.8 Å². The normalized spacial score (nSPS) is 11.2. The van der Waals surface area contributed by atoms with Crippen LogP contribution in [0.2, 0.25) is 0 Å². The smallest absolute Gasteiger partial charge is 0.208 e. The van der Waals surface area contributed by atoms with Crippen LogP contribution in [0.1, 0.15) is 34.8 Å². The number of benzene rings is 1. The van der Waals surface area contributed by atoms with E-state index in [9.17, 15) is 9.18 Å². The summed E-state index contributed by atoms with van der Waals surface area (Å²) in [6.07, 6.45) is 6.31. The number of halogens is 1. The van der Waals surface area contributed by atoms with Crippen LogP contribution in [0, 0.1) is 5.82 Å². The van der Waals surface area contributed by atoms with Crippen LogP contribution < -0.4 is 0 Å². The predicted octanol–water partition coefficient (Wildman–Crippen LogP) is 4.46. The minimum Gasteiger partial charge on any atom is -0.465 e. The van der Waals surface area contributed by atoms with Gasteiger partial charge in [-0.3, -0.25) is 9.89 Å². The number of thioether (sulfide) groups is 1. The summed E-state index contributed by atoms with van der Waals surface area (Å²) in [5.41, 5.74) is 0.537. The first-order chi connectivity index (χ1) is 12.2. The summed E-state index contributed by atoms with van der Waals surface area (Å²) < 4.78 is 18.0. The Balaban J connectivity index is 1.42. The lowest BCUT2D eigenvalue weighted by atomic mass is 10.1. The summed E-state index contributed by atoms with van der Waals surface area (Å²) in [5.74, 6) is 1.78. The van der Waals surface area contributed by atoms with Crippen LogP contribution in [0.4, 0.5) is 4.39 Å². The molecule has 0 bridgehead atoms. The fraction of sp³-hybridized carbons (Fsp3) is 0.167. The first-order valence-corrected chi connectivity index (χ1v) is 8.75. The topological polar surface area (TPSA) is 71.8 Å². The van der Waals surface area contributed by atoms with E-state index in [0.717, 1.165) is 11.5 Å². The van der Waals surface area contributed by atoms with Gasteiger partial charge in [-0.1, -0.05) is 11.8 Å². The molecule has 0 fully saturated rings. The number of ketones is 1. The van der Waals surface area contributed by atoms with E-state index in [1.165, 1.54) is 36.0 Å². The molecule has 2 aromatic heterocycles. The van der Waals surface area contributed by atoms with Gasteiger partial charge in [0.15, 0.2) is 5.78 Å². The van der Waals surface area contributed by atoms with E-state index < -0.39 is 0 Å². The van der Waals surface area contributed by atoms with Crippen LogP contribution in [0.15, 0.2) is 52.2 Å². The number of Topliss-reactive ketones (excluding diaryl/α,β-unsaturated/α-hetero) is 1. The lowest BCUT2D eigenvalue weighted by Gasteiger charge is -2.00. The molecule has 0 aliphatic heterocycles. The number of aromatic amines is 1.